The number of rotatable bonds is 8. The van der Waals surface area contributed by atoms with E-state index < -0.39 is 5.97 Å². The van der Waals surface area contributed by atoms with Gasteiger partial charge in [0, 0.05) is 18.1 Å². The number of hydrogen-bond acceptors (Lipinski definition) is 6. The molecule has 1 aromatic carbocycles. The van der Waals surface area contributed by atoms with E-state index in [0.717, 1.165) is 17.3 Å². The monoisotopic (exact) mass is 391 g/mol. The zero-order valence-electron chi connectivity index (χ0n) is 14.7. The maximum Gasteiger partial charge on any atom is 0.348 e. The van der Waals surface area contributed by atoms with Gasteiger partial charge >= 0.3 is 5.97 Å². The third-order valence-corrected chi connectivity index (χ3v) is 5.41. The lowest BCUT2D eigenvalue weighted by atomic mass is 10.0. The molecule has 2 aromatic rings. The number of thiophene rings is 1. The van der Waals surface area contributed by atoms with E-state index >= 15 is 0 Å². The van der Waals surface area contributed by atoms with Gasteiger partial charge in [-0.2, -0.15) is 0 Å². The Morgan fingerprint density at radius 3 is 2.62 bits per heavy atom. The number of benzene rings is 1. The summed E-state index contributed by atoms with van der Waals surface area (Å²) in [6.07, 6.45) is 0.543. The molecule has 0 bridgehead atoms. The van der Waals surface area contributed by atoms with E-state index in [0.29, 0.717) is 29.3 Å². The second kappa shape index (κ2) is 10.1. The lowest BCUT2D eigenvalue weighted by Gasteiger charge is -2.15. The normalized spacial score (nSPS) is 11.6. The molecule has 26 heavy (non-hydrogen) atoms. The van der Waals surface area contributed by atoms with Crippen LogP contribution in [-0.2, 0) is 20.7 Å². The van der Waals surface area contributed by atoms with Crippen LogP contribution in [-0.4, -0.2) is 29.4 Å². The average molecular weight is 392 g/mol. The van der Waals surface area contributed by atoms with Crippen molar-refractivity contribution < 1.29 is 19.1 Å². The van der Waals surface area contributed by atoms with Crippen molar-refractivity contribution in [1.29, 1.82) is 0 Å². The predicted molar refractivity (Wildman–Crippen MR) is 106 cm³/mol. The summed E-state index contributed by atoms with van der Waals surface area (Å²) < 4.78 is 4.96. The van der Waals surface area contributed by atoms with Crippen LogP contribution in [0.4, 0.5) is 5.69 Å². The van der Waals surface area contributed by atoms with E-state index in [1.165, 1.54) is 18.3 Å². The summed E-state index contributed by atoms with van der Waals surface area (Å²) >= 11 is 2.37. The highest BCUT2D eigenvalue weighted by atomic mass is 32.2. The molecule has 5 nitrogen and oxygen atoms in total. The van der Waals surface area contributed by atoms with Crippen LogP contribution in [0.2, 0.25) is 0 Å². The third kappa shape index (κ3) is 6.31. The second-order valence-electron chi connectivity index (χ2n) is 5.60. The van der Waals surface area contributed by atoms with Crippen LogP contribution in [0.15, 0.2) is 41.8 Å². The van der Waals surface area contributed by atoms with Gasteiger partial charge in [-0.05, 0) is 25.0 Å². The van der Waals surface area contributed by atoms with E-state index in [9.17, 15) is 14.4 Å². The minimum absolute atomic E-state index is 0.0176. The van der Waals surface area contributed by atoms with Crippen molar-refractivity contribution >= 4 is 45.8 Å². The molecule has 0 radical (unpaired) electrons. The van der Waals surface area contributed by atoms with Crippen molar-refractivity contribution in [3.63, 3.8) is 0 Å². The Labute approximate surface area is 161 Å². The molecule has 7 heteroatoms. The largest absolute Gasteiger partial charge is 0.462 e. The fraction of sp³-hybridized carbons (Fsp3) is 0.316. The minimum atomic E-state index is -0.397. The molecule has 1 amide bonds. The summed E-state index contributed by atoms with van der Waals surface area (Å²) in [6.45, 7) is 3.54. The maximum atomic E-state index is 12.7. The van der Waals surface area contributed by atoms with Crippen LogP contribution < -0.4 is 5.32 Å². The van der Waals surface area contributed by atoms with Crippen molar-refractivity contribution in [3.8, 4) is 0 Å². The summed E-state index contributed by atoms with van der Waals surface area (Å²) in [6, 6.07) is 11.3. The van der Waals surface area contributed by atoms with Crippen LogP contribution in [0.1, 0.15) is 29.1 Å². The average Bonchev–Trinajstić information content (AvgIpc) is 3.08. The zero-order chi connectivity index (χ0) is 18.9. The molecule has 0 saturated carbocycles. The van der Waals surface area contributed by atoms with Crippen molar-refractivity contribution in [2.24, 2.45) is 5.92 Å². The molecule has 0 fully saturated rings. The topological polar surface area (TPSA) is 72.5 Å². The van der Waals surface area contributed by atoms with Crippen molar-refractivity contribution in [2.45, 2.75) is 20.3 Å². The third-order valence-electron chi connectivity index (χ3n) is 3.53. The molecule has 0 aliphatic heterocycles. The second-order valence-corrected chi connectivity index (χ2v) is 7.71. The van der Waals surface area contributed by atoms with Crippen molar-refractivity contribution in [3.05, 3.63) is 52.2 Å². The summed E-state index contributed by atoms with van der Waals surface area (Å²) in [5, 5.41) is 4.54. The molecular weight excluding hydrogens is 370 g/mol. The predicted octanol–water partition coefficient (Wildman–Crippen LogP) is 4.00. The number of carbonyl (C=O) groups is 3. The highest BCUT2D eigenvalue weighted by Gasteiger charge is 2.21. The van der Waals surface area contributed by atoms with Crippen molar-refractivity contribution in [1.82, 2.24) is 0 Å². The summed E-state index contributed by atoms with van der Waals surface area (Å²) in [5.74, 6) is -0.510. The van der Waals surface area contributed by atoms with Gasteiger partial charge in [-0.3, -0.25) is 9.59 Å². The molecule has 2 rings (SSSR count). The Kier molecular flexibility index (Phi) is 7.87. The van der Waals surface area contributed by atoms with Gasteiger partial charge in [0.2, 0.25) is 5.91 Å². The van der Waals surface area contributed by atoms with Gasteiger partial charge in [-0.25, -0.2) is 4.79 Å². The molecule has 0 aliphatic rings. The lowest BCUT2D eigenvalue weighted by Crippen LogP contribution is -2.27. The Balaban J connectivity index is 2.05. The molecule has 138 valence electrons. The molecule has 1 atom stereocenters. The van der Waals surface area contributed by atoms with Crippen LogP contribution in [0.5, 0.6) is 0 Å². The highest BCUT2D eigenvalue weighted by Crippen LogP contribution is 2.23. The number of thioether (sulfide) groups is 1. The smallest absolute Gasteiger partial charge is 0.348 e. The molecule has 1 aromatic heterocycles. The molecule has 1 unspecified atom stereocenters. The van der Waals surface area contributed by atoms with E-state index in [4.69, 9.17) is 4.74 Å². The fourth-order valence-electron chi connectivity index (χ4n) is 2.30. The van der Waals surface area contributed by atoms with Crippen molar-refractivity contribution in [2.75, 3.05) is 17.7 Å². The number of amides is 1. The first-order chi connectivity index (χ1) is 12.5. The number of hydrogen-bond donors (Lipinski definition) is 1. The van der Waals surface area contributed by atoms with Crippen LogP contribution in [0, 0.1) is 5.92 Å². The van der Waals surface area contributed by atoms with E-state index in [-0.39, 0.29) is 16.9 Å². The molecular formula is C19H21NO4S2. The minimum Gasteiger partial charge on any atom is -0.462 e. The molecule has 0 aliphatic carbocycles. The lowest BCUT2D eigenvalue weighted by molar-refractivity contribution is -0.119. The summed E-state index contributed by atoms with van der Waals surface area (Å²) in [5.41, 5.74) is 1.60. The van der Waals surface area contributed by atoms with Crippen LogP contribution >= 0.6 is 23.1 Å². The zero-order valence-corrected chi connectivity index (χ0v) is 16.3. The summed E-state index contributed by atoms with van der Waals surface area (Å²) in [7, 11) is 0. The number of nitrogens with one attached hydrogen (secondary N) is 1. The molecule has 1 heterocycles. The molecule has 0 saturated heterocycles. The van der Waals surface area contributed by atoms with Gasteiger partial charge in [0.05, 0.1) is 18.2 Å². The Hall–Kier alpha value is -2.12. The first-order valence-electron chi connectivity index (χ1n) is 8.23. The number of anilines is 1. The van der Waals surface area contributed by atoms with Crippen LogP contribution in [0.3, 0.4) is 0 Å². The first kappa shape index (κ1) is 20.2. The highest BCUT2D eigenvalue weighted by molar-refractivity contribution is 8.13. The molecule has 0 spiro atoms. The SMILES string of the molecule is CCOC(=O)c1cc(NC(=O)C(CSC(C)=O)Cc2ccccc2)cs1. The van der Waals surface area contributed by atoms with Gasteiger partial charge in [-0.15, -0.1) is 11.3 Å². The van der Waals surface area contributed by atoms with E-state index in [1.54, 1.807) is 18.4 Å². The Morgan fingerprint density at radius 2 is 1.96 bits per heavy atom. The van der Waals surface area contributed by atoms with Gasteiger partial charge in [0.25, 0.3) is 0 Å². The van der Waals surface area contributed by atoms with E-state index in [1.807, 2.05) is 30.3 Å². The fourth-order valence-corrected chi connectivity index (χ4v) is 3.74. The Bertz CT molecular complexity index is 758. The van der Waals surface area contributed by atoms with Gasteiger partial charge < -0.3 is 10.1 Å². The van der Waals surface area contributed by atoms with Gasteiger partial charge in [0.1, 0.15) is 4.88 Å². The van der Waals surface area contributed by atoms with Gasteiger partial charge in [-0.1, -0.05) is 42.1 Å². The van der Waals surface area contributed by atoms with Crippen LogP contribution in [0.25, 0.3) is 0 Å². The maximum absolute atomic E-state index is 12.7. The number of esters is 1. The first-order valence-corrected chi connectivity index (χ1v) is 10.1. The summed E-state index contributed by atoms with van der Waals surface area (Å²) in [4.78, 5) is 36.2. The molecule has 1 N–H and O–H groups in total. The number of carbonyl (C=O) groups excluding carboxylic acids is 3. The van der Waals surface area contributed by atoms with E-state index in [2.05, 4.69) is 5.32 Å². The quantitative estimate of drug-likeness (QED) is 0.689. The van der Waals surface area contributed by atoms with Gasteiger partial charge in [0.15, 0.2) is 5.12 Å². The standard InChI is InChI=1S/C19H21NO4S2/c1-3-24-19(23)17-10-16(12-26-17)20-18(22)15(11-25-13(2)21)9-14-7-5-4-6-8-14/h4-8,10,12,15H,3,9,11H2,1-2H3,(H,20,22). The number of ether oxygens (including phenoxy) is 1. The Morgan fingerprint density at radius 1 is 1.23 bits per heavy atom.